The summed E-state index contributed by atoms with van der Waals surface area (Å²) in [5.74, 6) is 1.71. The fourth-order valence-corrected chi connectivity index (χ4v) is 3.56. The monoisotopic (exact) mass is 381 g/mol. The van der Waals surface area contributed by atoms with Gasteiger partial charge in [-0.15, -0.1) is 0 Å². The molecule has 0 aromatic heterocycles. The summed E-state index contributed by atoms with van der Waals surface area (Å²) in [6, 6.07) is 12.8. The summed E-state index contributed by atoms with van der Waals surface area (Å²) in [5.41, 5.74) is 6.18. The number of hydrogen-bond acceptors (Lipinski definition) is 4. The van der Waals surface area contributed by atoms with Gasteiger partial charge in [0.15, 0.2) is 5.90 Å². The Kier molecular flexibility index (Phi) is 6.40. The molecular formula is C24H31NO3. The fraction of sp³-hybridized carbons (Fsp3) is 0.458. The lowest BCUT2D eigenvalue weighted by Crippen LogP contribution is -2.44. The van der Waals surface area contributed by atoms with Crippen molar-refractivity contribution >= 4 is 5.90 Å². The van der Waals surface area contributed by atoms with Crippen LogP contribution in [-0.4, -0.2) is 32.8 Å². The Labute approximate surface area is 168 Å². The first-order valence-electron chi connectivity index (χ1n) is 9.93. The van der Waals surface area contributed by atoms with E-state index in [9.17, 15) is 0 Å². The summed E-state index contributed by atoms with van der Waals surface area (Å²) >= 11 is 0. The topological polar surface area (TPSA) is 40.0 Å². The molecule has 0 radical (unpaired) electrons. The van der Waals surface area contributed by atoms with Crippen LogP contribution in [0.4, 0.5) is 0 Å². The van der Waals surface area contributed by atoms with Crippen LogP contribution in [0.3, 0.4) is 0 Å². The molecular weight excluding hydrogens is 350 g/mol. The highest BCUT2D eigenvalue weighted by molar-refractivity contribution is 5.76. The maximum absolute atomic E-state index is 6.07. The van der Waals surface area contributed by atoms with Crippen LogP contribution in [0.2, 0.25) is 0 Å². The molecule has 1 aliphatic rings. The van der Waals surface area contributed by atoms with E-state index in [1.54, 1.807) is 7.05 Å². The fourth-order valence-electron chi connectivity index (χ4n) is 3.56. The van der Waals surface area contributed by atoms with Crippen LogP contribution in [-0.2, 0) is 16.1 Å². The standard InChI is InChI=1S/C24H31NO3/c1-6-22(25-5)27-13-19-8-7-9-20(12-19)23-17(2)10-21(11-18(23)3)28-16-24(4)14-26-15-24/h7-12H,6,13-16H2,1-5H3. The first kappa shape index (κ1) is 20.4. The highest BCUT2D eigenvalue weighted by Gasteiger charge is 2.34. The normalized spacial score (nSPS) is 15.8. The van der Waals surface area contributed by atoms with Gasteiger partial charge in [-0.25, -0.2) is 0 Å². The van der Waals surface area contributed by atoms with Gasteiger partial charge in [-0.2, -0.15) is 0 Å². The van der Waals surface area contributed by atoms with Gasteiger partial charge in [0.1, 0.15) is 12.4 Å². The minimum Gasteiger partial charge on any atom is -0.493 e. The Bertz CT molecular complexity index is 830. The van der Waals surface area contributed by atoms with Crippen molar-refractivity contribution in [2.45, 2.75) is 40.7 Å². The summed E-state index contributed by atoms with van der Waals surface area (Å²) in [6.07, 6.45) is 0.807. The number of hydrogen-bond donors (Lipinski definition) is 0. The van der Waals surface area contributed by atoms with Crippen molar-refractivity contribution in [3.8, 4) is 16.9 Å². The predicted octanol–water partition coefficient (Wildman–Crippen LogP) is 5.34. The maximum atomic E-state index is 6.07. The van der Waals surface area contributed by atoms with Crippen molar-refractivity contribution in [1.82, 2.24) is 0 Å². The lowest BCUT2D eigenvalue weighted by atomic mass is 9.90. The number of aliphatic imine (C=N–C) groups is 1. The molecule has 28 heavy (non-hydrogen) atoms. The number of ether oxygens (including phenoxy) is 3. The lowest BCUT2D eigenvalue weighted by molar-refractivity contribution is -0.120. The molecule has 0 spiro atoms. The molecule has 1 aliphatic heterocycles. The molecule has 2 aromatic rings. The van der Waals surface area contributed by atoms with Gasteiger partial charge in [-0.05, 0) is 59.9 Å². The maximum Gasteiger partial charge on any atom is 0.183 e. The largest absolute Gasteiger partial charge is 0.493 e. The van der Waals surface area contributed by atoms with Gasteiger partial charge in [0.05, 0.1) is 19.8 Å². The Morgan fingerprint density at radius 1 is 1.14 bits per heavy atom. The molecule has 150 valence electrons. The van der Waals surface area contributed by atoms with Gasteiger partial charge in [0.25, 0.3) is 0 Å². The summed E-state index contributed by atoms with van der Waals surface area (Å²) in [6.45, 7) is 11.3. The molecule has 4 heteroatoms. The van der Waals surface area contributed by atoms with Crippen LogP contribution >= 0.6 is 0 Å². The summed E-state index contributed by atoms with van der Waals surface area (Å²) in [7, 11) is 1.77. The van der Waals surface area contributed by atoms with E-state index >= 15 is 0 Å². The van der Waals surface area contributed by atoms with Gasteiger partial charge in [-0.1, -0.05) is 32.0 Å². The average Bonchev–Trinajstić information content (AvgIpc) is 2.65. The molecule has 1 saturated heterocycles. The van der Waals surface area contributed by atoms with Crippen LogP contribution in [0.1, 0.15) is 37.0 Å². The van der Waals surface area contributed by atoms with E-state index in [1.165, 1.54) is 22.3 Å². The molecule has 1 fully saturated rings. The van der Waals surface area contributed by atoms with E-state index in [0.717, 1.165) is 36.8 Å². The van der Waals surface area contributed by atoms with Crippen molar-refractivity contribution in [3.05, 3.63) is 53.1 Å². The molecule has 0 atom stereocenters. The van der Waals surface area contributed by atoms with E-state index in [0.29, 0.717) is 13.2 Å². The van der Waals surface area contributed by atoms with Crippen molar-refractivity contribution < 1.29 is 14.2 Å². The van der Waals surface area contributed by atoms with E-state index in [2.05, 4.69) is 62.2 Å². The number of rotatable bonds is 7. The molecule has 0 N–H and O–H groups in total. The number of aryl methyl sites for hydroxylation is 2. The van der Waals surface area contributed by atoms with Gasteiger partial charge in [-0.3, -0.25) is 4.99 Å². The van der Waals surface area contributed by atoms with Gasteiger partial charge in [0.2, 0.25) is 0 Å². The molecule has 0 unspecified atom stereocenters. The molecule has 0 aliphatic carbocycles. The molecule has 2 aromatic carbocycles. The van der Waals surface area contributed by atoms with Gasteiger partial charge in [0, 0.05) is 18.9 Å². The van der Waals surface area contributed by atoms with E-state index < -0.39 is 0 Å². The Morgan fingerprint density at radius 3 is 2.43 bits per heavy atom. The van der Waals surface area contributed by atoms with Crippen molar-refractivity contribution in [2.75, 3.05) is 26.9 Å². The van der Waals surface area contributed by atoms with Crippen LogP contribution < -0.4 is 4.74 Å². The van der Waals surface area contributed by atoms with E-state index in [4.69, 9.17) is 14.2 Å². The predicted molar refractivity (Wildman–Crippen MR) is 114 cm³/mol. The second-order valence-corrected chi connectivity index (χ2v) is 7.98. The minimum atomic E-state index is 0.147. The Balaban J connectivity index is 1.76. The number of benzene rings is 2. The lowest BCUT2D eigenvalue weighted by Gasteiger charge is -2.37. The zero-order valence-corrected chi connectivity index (χ0v) is 17.7. The van der Waals surface area contributed by atoms with Crippen molar-refractivity contribution in [2.24, 2.45) is 10.4 Å². The highest BCUT2D eigenvalue weighted by atomic mass is 16.5. The SMILES string of the molecule is CCC(=NC)OCc1cccc(-c2c(C)cc(OCC3(C)COC3)cc2C)c1. The quantitative estimate of drug-likeness (QED) is 0.480. The Morgan fingerprint density at radius 2 is 1.86 bits per heavy atom. The summed E-state index contributed by atoms with van der Waals surface area (Å²) in [4.78, 5) is 4.16. The van der Waals surface area contributed by atoms with Crippen LogP contribution in [0.15, 0.2) is 41.4 Å². The average molecular weight is 382 g/mol. The Hall–Kier alpha value is -2.33. The molecule has 0 amide bonds. The zero-order valence-electron chi connectivity index (χ0n) is 17.7. The first-order valence-corrected chi connectivity index (χ1v) is 9.93. The highest BCUT2D eigenvalue weighted by Crippen LogP contribution is 2.33. The third kappa shape index (κ3) is 4.74. The summed E-state index contributed by atoms with van der Waals surface area (Å²) < 4.78 is 17.2. The third-order valence-electron chi connectivity index (χ3n) is 5.17. The molecule has 0 saturated carbocycles. The van der Waals surface area contributed by atoms with Gasteiger partial charge >= 0.3 is 0 Å². The van der Waals surface area contributed by atoms with Crippen molar-refractivity contribution in [3.63, 3.8) is 0 Å². The molecule has 4 nitrogen and oxygen atoms in total. The second-order valence-electron chi connectivity index (χ2n) is 7.98. The van der Waals surface area contributed by atoms with Gasteiger partial charge < -0.3 is 14.2 Å². The number of nitrogens with zero attached hydrogens (tertiary/aromatic N) is 1. The van der Waals surface area contributed by atoms with Crippen molar-refractivity contribution in [1.29, 1.82) is 0 Å². The first-order chi connectivity index (χ1) is 13.4. The van der Waals surface area contributed by atoms with Crippen LogP contribution in [0.5, 0.6) is 5.75 Å². The third-order valence-corrected chi connectivity index (χ3v) is 5.17. The zero-order chi connectivity index (χ0) is 20.1. The minimum absolute atomic E-state index is 0.147. The molecule has 1 heterocycles. The molecule has 3 rings (SSSR count). The molecule has 0 bridgehead atoms. The van der Waals surface area contributed by atoms with E-state index in [-0.39, 0.29) is 5.41 Å². The van der Waals surface area contributed by atoms with E-state index in [1.807, 2.05) is 6.92 Å². The van der Waals surface area contributed by atoms with Crippen LogP contribution in [0.25, 0.3) is 11.1 Å². The second kappa shape index (κ2) is 8.78. The summed E-state index contributed by atoms with van der Waals surface area (Å²) in [5, 5.41) is 0. The smallest absolute Gasteiger partial charge is 0.183 e. The van der Waals surface area contributed by atoms with Crippen LogP contribution in [0, 0.1) is 19.3 Å².